The molecule has 1 N–H and O–H groups in total. The molecule has 0 radical (unpaired) electrons. The zero-order chi connectivity index (χ0) is 24.4. The third-order valence-corrected chi connectivity index (χ3v) is 4.22. The molecule has 3 aromatic rings. The summed E-state index contributed by atoms with van der Waals surface area (Å²) in [6, 6.07) is 6.43. The van der Waals surface area contributed by atoms with E-state index in [-0.39, 0.29) is 11.1 Å². The molecule has 0 fully saturated rings. The zero-order valence-corrected chi connectivity index (χ0v) is 16.6. The molecule has 14 heteroatoms. The van der Waals surface area contributed by atoms with Crippen LogP contribution in [0.5, 0.6) is 17.2 Å². The van der Waals surface area contributed by atoms with Gasteiger partial charge in [0.25, 0.3) is 5.91 Å². The zero-order valence-electron chi connectivity index (χ0n) is 15.9. The first-order valence-electron chi connectivity index (χ1n) is 8.60. The van der Waals surface area contributed by atoms with E-state index in [0.717, 1.165) is 48.8 Å². The summed E-state index contributed by atoms with van der Waals surface area (Å²) in [5, 5.41) is 11.4. The van der Waals surface area contributed by atoms with Crippen LogP contribution in [0.3, 0.4) is 0 Å². The molecule has 0 bridgehead atoms. The molecule has 33 heavy (non-hydrogen) atoms. The van der Waals surface area contributed by atoms with E-state index < -0.39 is 46.1 Å². The SMILES string of the molecule is O=C(N=c1ccn(O)nc1)c1c(Oc2ccc(OC(F)(F)F)cc2)ccc(C(F)(F)F)c1Cl. The quantitative estimate of drug-likeness (QED) is 0.397. The van der Waals surface area contributed by atoms with Gasteiger partial charge >= 0.3 is 12.5 Å². The molecule has 0 aliphatic heterocycles. The van der Waals surface area contributed by atoms with Crippen LogP contribution in [0.15, 0.2) is 59.9 Å². The lowest BCUT2D eigenvalue weighted by Crippen LogP contribution is -2.16. The van der Waals surface area contributed by atoms with Crippen molar-refractivity contribution in [2.75, 3.05) is 0 Å². The van der Waals surface area contributed by atoms with Gasteiger partial charge in [-0.3, -0.25) is 4.79 Å². The monoisotopic (exact) mass is 493 g/mol. The molecule has 0 unspecified atom stereocenters. The molecule has 3 rings (SSSR count). The van der Waals surface area contributed by atoms with E-state index in [2.05, 4.69) is 14.8 Å². The van der Waals surface area contributed by atoms with Gasteiger partial charge in [0.1, 0.15) is 22.8 Å². The fourth-order valence-corrected chi connectivity index (χ4v) is 2.82. The van der Waals surface area contributed by atoms with Crippen LogP contribution in [0.1, 0.15) is 15.9 Å². The third kappa shape index (κ3) is 6.16. The van der Waals surface area contributed by atoms with E-state index in [1.54, 1.807) is 0 Å². The smallest absolute Gasteiger partial charge is 0.456 e. The fraction of sp³-hybridized carbons (Fsp3) is 0.105. The third-order valence-electron chi connectivity index (χ3n) is 3.83. The number of ether oxygens (including phenoxy) is 2. The van der Waals surface area contributed by atoms with E-state index in [0.29, 0.717) is 10.9 Å². The number of alkyl halides is 6. The molecular formula is C19H10ClF6N3O4. The molecule has 0 saturated carbocycles. The molecule has 1 aromatic heterocycles. The van der Waals surface area contributed by atoms with Crippen molar-refractivity contribution < 1.29 is 45.8 Å². The minimum atomic E-state index is -4.92. The molecule has 0 spiro atoms. The summed E-state index contributed by atoms with van der Waals surface area (Å²) >= 11 is 5.86. The highest BCUT2D eigenvalue weighted by atomic mass is 35.5. The minimum absolute atomic E-state index is 0.113. The van der Waals surface area contributed by atoms with E-state index in [9.17, 15) is 31.1 Å². The van der Waals surface area contributed by atoms with E-state index >= 15 is 0 Å². The number of carbonyl (C=O) groups is 1. The molecule has 0 atom stereocenters. The number of carbonyl (C=O) groups excluding carboxylic acids is 1. The van der Waals surface area contributed by atoms with Crippen molar-refractivity contribution in [3.8, 4) is 17.2 Å². The number of benzene rings is 2. The maximum absolute atomic E-state index is 13.3. The van der Waals surface area contributed by atoms with Crippen molar-refractivity contribution in [1.82, 2.24) is 9.94 Å². The Bertz CT molecular complexity index is 1220. The van der Waals surface area contributed by atoms with Gasteiger partial charge in [-0.1, -0.05) is 11.6 Å². The summed E-state index contributed by atoms with van der Waals surface area (Å²) in [7, 11) is 0. The summed E-state index contributed by atoms with van der Waals surface area (Å²) in [5.74, 6) is -2.36. The molecule has 0 saturated heterocycles. The molecule has 0 aliphatic carbocycles. The Labute approximate surface area is 185 Å². The number of amides is 1. The van der Waals surface area contributed by atoms with Crippen LogP contribution >= 0.6 is 11.6 Å². The number of halogens is 7. The largest absolute Gasteiger partial charge is 0.573 e. The highest BCUT2D eigenvalue weighted by Gasteiger charge is 2.36. The molecule has 1 amide bonds. The maximum Gasteiger partial charge on any atom is 0.573 e. The number of aromatic nitrogens is 2. The Morgan fingerprint density at radius 1 is 1.00 bits per heavy atom. The maximum atomic E-state index is 13.3. The van der Waals surface area contributed by atoms with Gasteiger partial charge < -0.3 is 14.7 Å². The van der Waals surface area contributed by atoms with Crippen molar-refractivity contribution in [3.63, 3.8) is 0 Å². The number of hydrogen-bond donors (Lipinski definition) is 1. The minimum Gasteiger partial charge on any atom is -0.456 e. The first-order chi connectivity index (χ1) is 15.3. The molecule has 174 valence electrons. The van der Waals surface area contributed by atoms with Crippen molar-refractivity contribution >= 4 is 17.5 Å². The van der Waals surface area contributed by atoms with E-state index in [1.165, 1.54) is 0 Å². The molecular weight excluding hydrogens is 484 g/mol. The number of nitrogens with zero attached hydrogens (tertiary/aromatic N) is 3. The van der Waals surface area contributed by atoms with Crippen molar-refractivity contribution in [1.29, 1.82) is 0 Å². The van der Waals surface area contributed by atoms with Gasteiger partial charge in [-0.05, 0) is 42.5 Å². The molecule has 7 nitrogen and oxygen atoms in total. The van der Waals surface area contributed by atoms with Crippen molar-refractivity contribution in [2.24, 2.45) is 4.99 Å². The van der Waals surface area contributed by atoms with Crippen LogP contribution in [0.2, 0.25) is 5.02 Å². The van der Waals surface area contributed by atoms with Crippen LogP contribution in [-0.4, -0.2) is 27.4 Å². The summed E-state index contributed by atoms with van der Waals surface area (Å²) in [6.07, 6.45) is -7.86. The van der Waals surface area contributed by atoms with Gasteiger partial charge in [0.15, 0.2) is 0 Å². The van der Waals surface area contributed by atoms with E-state index in [4.69, 9.17) is 21.5 Å². The number of rotatable bonds is 4. The predicted molar refractivity (Wildman–Crippen MR) is 99.0 cm³/mol. The van der Waals surface area contributed by atoms with Crippen LogP contribution in [0, 0.1) is 0 Å². The number of hydrogen-bond acceptors (Lipinski definition) is 5. The van der Waals surface area contributed by atoms with Crippen molar-refractivity contribution in [2.45, 2.75) is 12.5 Å². The average Bonchev–Trinajstić information content (AvgIpc) is 2.69. The standard InChI is InChI=1S/C19H10ClF6N3O4/c20-16-13(18(21,22)23)5-6-14(15(16)17(30)28-10-7-8-29(31)27-9-10)32-11-1-3-12(4-2-11)33-19(24,25)26/h1-9,31H. The molecule has 1 heterocycles. The lowest BCUT2D eigenvalue weighted by Gasteiger charge is -2.15. The first-order valence-corrected chi connectivity index (χ1v) is 8.98. The van der Waals surface area contributed by atoms with E-state index in [1.807, 2.05) is 0 Å². The average molecular weight is 494 g/mol. The Morgan fingerprint density at radius 2 is 1.64 bits per heavy atom. The Morgan fingerprint density at radius 3 is 2.18 bits per heavy atom. The van der Waals surface area contributed by atoms with Crippen molar-refractivity contribution in [3.05, 3.63) is 76.4 Å². The predicted octanol–water partition coefficient (Wildman–Crippen LogP) is 5.22. The topological polar surface area (TPSA) is 85.9 Å². The summed E-state index contributed by atoms with van der Waals surface area (Å²) in [4.78, 5) is 16.7. The van der Waals surface area contributed by atoms with Crippen LogP contribution in [0.4, 0.5) is 26.3 Å². The highest BCUT2D eigenvalue weighted by molar-refractivity contribution is 6.35. The normalized spacial score (nSPS) is 12.5. The van der Waals surface area contributed by atoms with Crippen LogP contribution in [0.25, 0.3) is 0 Å². The fourth-order valence-electron chi connectivity index (χ4n) is 2.48. The molecule has 2 aromatic carbocycles. The Hall–Kier alpha value is -3.74. The Balaban J connectivity index is 2.02. The van der Waals surface area contributed by atoms with Gasteiger partial charge in [-0.2, -0.15) is 13.2 Å². The highest BCUT2D eigenvalue weighted by Crippen LogP contribution is 2.41. The van der Waals surface area contributed by atoms with Gasteiger partial charge in [-0.15, -0.1) is 23.1 Å². The Kier molecular flexibility index (Phi) is 6.53. The second-order valence-electron chi connectivity index (χ2n) is 6.14. The van der Waals surface area contributed by atoms with Crippen LogP contribution < -0.4 is 14.8 Å². The van der Waals surface area contributed by atoms with Gasteiger partial charge in [0.2, 0.25) is 0 Å². The van der Waals surface area contributed by atoms with Gasteiger partial charge in [-0.25, -0.2) is 4.99 Å². The lowest BCUT2D eigenvalue weighted by atomic mass is 10.1. The van der Waals surface area contributed by atoms with Crippen LogP contribution in [-0.2, 0) is 6.18 Å². The van der Waals surface area contributed by atoms with Gasteiger partial charge in [0, 0.05) is 0 Å². The second kappa shape index (κ2) is 9.02. The summed E-state index contributed by atoms with van der Waals surface area (Å²) < 4.78 is 85.8. The second-order valence-corrected chi connectivity index (χ2v) is 6.52. The lowest BCUT2D eigenvalue weighted by molar-refractivity contribution is -0.274. The summed E-state index contributed by atoms with van der Waals surface area (Å²) in [6.45, 7) is 0. The first kappa shape index (κ1) is 23.9. The van der Waals surface area contributed by atoms with Gasteiger partial charge in [0.05, 0.1) is 28.3 Å². The summed E-state index contributed by atoms with van der Waals surface area (Å²) in [5.41, 5.74) is -2.08. The molecule has 0 aliphatic rings.